The third-order valence-electron chi connectivity index (χ3n) is 4.56. The van der Waals surface area contributed by atoms with Crippen LogP contribution >= 0.6 is 11.6 Å². The highest BCUT2D eigenvalue weighted by Crippen LogP contribution is 2.25. The molecule has 0 fully saturated rings. The van der Waals surface area contributed by atoms with Crippen molar-refractivity contribution in [2.75, 3.05) is 13.7 Å². The number of pyridine rings is 1. The van der Waals surface area contributed by atoms with Crippen molar-refractivity contribution in [3.8, 4) is 11.6 Å². The van der Waals surface area contributed by atoms with Gasteiger partial charge in [0, 0.05) is 11.2 Å². The van der Waals surface area contributed by atoms with Crippen LogP contribution in [0.1, 0.15) is 28.6 Å². The molecule has 3 aromatic rings. The molecule has 1 aliphatic rings. The largest absolute Gasteiger partial charge is 0.479 e. The van der Waals surface area contributed by atoms with Crippen molar-refractivity contribution < 1.29 is 9.57 Å². The van der Waals surface area contributed by atoms with Crippen molar-refractivity contribution in [3.63, 3.8) is 0 Å². The fraction of sp³-hybridized carbons (Fsp3) is 0.250. The third kappa shape index (κ3) is 3.53. The summed E-state index contributed by atoms with van der Waals surface area (Å²) < 4.78 is 7.35. The van der Waals surface area contributed by atoms with Gasteiger partial charge in [0.05, 0.1) is 25.2 Å². The second-order valence-corrected chi connectivity index (χ2v) is 7.00. The van der Waals surface area contributed by atoms with Crippen molar-refractivity contribution in [1.29, 1.82) is 0 Å². The van der Waals surface area contributed by atoms with Crippen LogP contribution in [-0.2, 0) is 4.84 Å². The van der Waals surface area contributed by atoms with Crippen LogP contribution in [0.5, 0.6) is 5.88 Å². The molecule has 0 amide bonds. The van der Waals surface area contributed by atoms with Gasteiger partial charge >= 0.3 is 0 Å². The van der Waals surface area contributed by atoms with Gasteiger partial charge in [-0.2, -0.15) is 0 Å². The molecule has 1 unspecified atom stereocenters. The zero-order valence-electron chi connectivity index (χ0n) is 15.8. The van der Waals surface area contributed by atoms with Crippen LogP contribution in [0.3, 0.4) is 0 Å². The van der Waals surface area contributed by atoms with E-state index in [1.54, 1.807) is 13.4 Å². The first kappa shape index (κ1) is 18.3. The number of oxime groups is 1. The van der Waals surface area contributed by atoms with Crippen LogP contribution in [0.2, 0.25) is 5.02 Å². The van der Waals surface area contributed by atoms with Gasteiger partial charge in [-0.15, -0.1) is 0 Å². The molecule has 1 atom stereocenters. The minimum atomic E-state index is -0.0489. The number of amidine groups is 1. The van der Waals surface area contributed by atoms with Gasteiger partial charge in [-0.05, 0) is 43.2 Å². The summed E-state index contributed by atoms with van der Waals surface area (Å²) in [5.74, 6) is 1.03. The van der Waals surface area contributed by atoms with E-state index in [9.17, 15) is 0 Å². The molecular formula is C20H20ClN5O2. The van der Waals surface area contributed by atoms with Crippen molar-refractivity contribution in [2.45, 2.75) is 19.9 Å². The second kappa shape index (κ2) is 7.52. The van der Waals surface area contributed by atoms with Gasteiger partial charge < -0.3 is 19.5 Å². The number of methoxy groups -OCH3 is 1. The molecule has 7 nitrogen and oxygen atoms in total. The fourth-order valence-electron chi connectivity index (χ4n) is 3.06. The highest BCUT2D eigenvalue weighted by atomic mass is 35.5. The molecule has 3 heterocycles. The quantitative estimate of drug-likeness (QED) is 0.728. The molecule has 1 aromatic carbocycles. The van der Waals surface area contributed by atoms with E-state index in [1.165, 1.54) is 0 Å². The first-order chi connectivity index (χ1) is 13.5. The summed E-state index contributed by atoms with van der Waals surface area (Å²) in [5.41, 5.74) is 4.44. The number of ether oxygens (including phenoxy) is 1. The zero-order chi connectivity index (χ0) is 19.7. The number of halogens is 1. The third-order valence-corrected chi connectivity index (χ3v) is 4.98. The molecule has 0 saturated heterocycles. The van der Waals surface area contributed by atoms with Gasteiger partial charge in [0.15, 0.2) is 5.84 Å². The average molecular weight is 398 g/mol. The monoisotopic (exact) mass is 397 g/mol. The Hall–Kier alpha value is -3.06. The molecule has 4 rings (SSSR count). The van der Waals surface area contributed by atoms with E-state index in [2.05, 4.69) is 20.4 Å². The number of hydrogen-bond acceptors (Lipinski definition) is 6. The van der Waals surface area contributed by atoms with Crippen molar-refractivity contribution in [1.82, 2.24) is 19.9 Å². The molecular weight excluding hydrogens is 378 g/mol. The van der Waals surface area contributed by atoms with Crippen LogP contribution in [0.4, 0.5) is 0 Å². The van der Waals surface area contributed by atoms with E-state index in [0.29, 0.717) is 24.0 Å². The molecule has 0 radical (unpaired) electrons. The Labute approximate surface area is 168 Å². The van der Waals surface area contributed by atoms with Crippen LogP contribution in [-0.4, -0.2) is 34.1 Å². The molecule has 0 spiro atoms. The van der Waals surface area contributed by atoms with Crippen molar-refractivity contribution in [2.24, 2.45) is 5.16 Å². The van der Waals surface area contributed by atoms with Crippen LogP contribution < -0.4 is 10.1 Å². The molecule has 8 heteroatoms. The first-order valence-corrected chi connectivity index (χ1v) is 9.22. The maximum Gasteiger partial charge on any atom is 0.238 e. The van der Waals surface area contributed by atoms with Gasteiger partial charge in [0.25, 0.3) is 0 Å². The fourth-order valence-corrected chi connectivity index (χ4v) is 3.18. The first-order valence-electron chi connectivity index (χ1n) is 8.84. The molecule has 0 saturated carbocycles. The summed E-state index contributed by atoms with van der Waals surface area (Å²) in [5, 5.41) is 8.27. The molecule has 1 aliphatic heterocycles. The Balaban J connectivity index is 1.61. The molecule has 0 aliphatic carbocycles. The summed E-state index contributed by atoms with van der Waals surface area (Å²) >= 11 is 6.14. The predicted octanol–water partition coefficient (Wildman–Crippen LogP) is 3.57. The second-order valence-electron chi connectivity index (χ2n) is 6.59. The normalized spacial score (nSPS) is 16.1. The van der Waals surface area contributed by atoms with Crippen LogP contribution in [0, 0.1) is 13.8 Å². The van der Waals surface area contributed by atoms with Crippen molar-refractivity contribution in [3.05, 3.63) is 70.4 Å². The standard InChI is InChI=1S/C20H20ClN5O2/c1-12-8-14(4-5-15(12)21)17-10-28-25-19(23-17)16-6-7-18(20(24-16)27-3)26-9-13(2)22-11-26/h4-9,11,17H,10H2,1-3H3,(H,23,25). The van der Waals surface area contributed by atoms with Crippen molar-refractivity contribution >= 4 is 17.4 Å². The number of hydrogen-bond donors (Lipinski definition) is 1. The number of aromatic nitrogens is 3. The number of benzene rings is 1. The van der Waals surface area contributed by atoms with E-state index in [4.69, 9.17) is 21.2 Å². The Morgan fingerprint density at radius 2 is 2.11 bits per heavy atom. The number of imidazole rings is 1. The highest BCUT2D eigenvalue weighted by molar-refractivity contribution is 6.31. The summed E-state index contributed by atoms with van der Waals surface area (Å²) in [7, 11) is 1.59. The highest BCUT2D eigenvalue weighted by Gasteiger charge is 2.22. The molecule has 28 heavy (non-hydrogen) atoms. The zero-order valence-corrected chi connectivity index (χ0v) is 16.6. The molecule has 2 aromatic heterocycles. The Kier molecular flexibility index (Phi) is 4.92. The van der Waals surface area contributed by atoms with E-state index >= 15 is 0 Å². The molecule has 0 bridgehead atoms. The Morgan fingerprint density at radius 1 is 1.25 bits per heavy atom. The lowest BCUT2D eigenvalue weighted by Gasteiger charge is -2.24. The lowest BCUT2D eigenvalue weighted by atomic mass is 10.0. The maximum atomic E-state index is 6.14. The maximum absolute atomic E-state index is 6.14. The van der Waals surface area contributed by atoms with E-state index < -0.39 is 0 Å². The Bertz CT molecular complexity index is 1050. The van der Waals surface area contributed by atoms with Gasteiger partial charge in [-0.1, -0.05) is 28.9 Å². The van der Waals surface area contributed by atoms with Gasteiger partial charge in [-0.3, -0.25) is 0 Å². The lowest BCUT2D eigenvalue weighted by Crippen LogP contribution is -2.36. The number of nitrogens with zero attached hydrogens (tertiary/aromatic N) is 4. The van der Waals surface area contributed by atoms with Crippen LogP contribution in [0.15, 0.2) is 48.0 Å². The van der Waals surface area contributed by atoms with E-state index in [-0.39, 0.29) is 6.04 Å². The summed E-state index contributed by atoms with van der Waals surface area (Å²) in [4.78, 5) is 14.3. The average Bonchev–Trinajstić information content (AvgIpc) is 3.15. The van der Waals surface area contributed by atoms with Gasteiger partial charge in [0.2, 0.25) is 5.88 Å². The minimum Gasteiger partial charge on any atom is -0.479 e. The van der Waals surface area contributed by atoms with E-state index in [1.807, 2.05) is 54.9 Å². The minimum absolute atomic E-state index is 0.0489. The number of aryl methyl sites for hydroxylation is 2. The van der Waals surface area contributed by atoms with Gasteiger partial charge in [-0.25, -0.2) is 9.97 Å². The smallest absolute Gasteiger partial charge is 0.238 e. The summed E-state index contributed by atoms with van der Waals surface area (Å²) in [6.07, 6.45) is 3.64. The summed E-state index contributed by atoms with van der Waals surface area (Å²) in [6, 6.07) is 9.66. The SMILES string of the molecule is COc1nc(C2=NOCC(c3ccc(Cl)c(C)c3)N2)ccc1-n1cnc(C)c1. The topological polar surface area (TPSA) is 73.6 Å². The van der Waals surface area contributed by atoms with Gasteiger partial charge in [0.1, 0.15) is 18.0 Å². The lowest BCUT2D eigenvalue weighted by molar-refractivity contribution is 0.109. The number of rotatable bonds is 4. The Morgan fingerprint density at radius 3 is 2.82 bits per heavy atom. The number of nitrogens with one attached hydrogen (secondary N) is 1. The molecule has 1 N–H and O–H groups in total. The van der Waals surface area contributed by atoms with Crippen LogP contribution in [0.25, 0.3) is 5.69 Å². The predicted molar refractivity (Wildman–Crippen MR) is 107 cm³/mol. The summed E-state index contributed by atoms with van der Waals surface area (Å²) in [6.45, 7) is 4.34. The molecule has 144 valence electrons. The van der Waals surface area contributed by atoms with E-state index in [0.717, 1.165) is 27.5 Å².